The summed E-state index contributed by atoms with van der Waals surface area (Å²) in [5.41, 5.74) is 1.74. The smallest absolute Gasteiger partial charge is 0.254 e. The van der Waals surface area contributed by atoms with Crippen molar-refractivity contribution in [3.8, 4) is 11.4 Å². The van der Waals surface area contributed by atoms with Gasteiger partial charge < -0.3 is 9.88 Å². The number of hydrogen-bond donors (Lipinski definition) is 1. The highest BCUT2D eigenvalue weighted by molar-refractivity contribution is 7.10. The predicted octanol–water partition coefficient (Wildman–Crippen LogP) is 3.35. The summed E-state index contributed by atoms with van der Waals surface area (Å²) in [6, 6.07) is 7.65. The van der Waals surface area contributed by atoms with Crippen LogP contribution in [0.2, 0.25) is 0 Å². The molecular weight excluding hydrogens is 360 g/mol. The van der Waals surface area contributed by atoms with Crippen LogP contribution in [0.15, 0.2) is 46.8 Å². The van der Waals surface area contributed by atoms with E-state index in [0.29, 0.717) is 23.5 Å². The molecule has 3 rings (SSSR count). The molecule has 0 aliphatic rings. The molecule has 0 unspecified atom stereocenters. The monoisotopic (exact) mass is 382 g/mol. The zero-order valence-electron chi connectivity index (χ0n) is 15.6. The van der Waals surface area contributed by atoms with Gasteiger partial charge in [0.05, 0.1) is 6.04 Å². The molecular formula is C20H22N4O2S. The number of thiophene rings is 1. The first kappa shape index (κ1) is 19.0. The Morgan fingerprint density at radius 3 is 2.78 bits per heavy atom. The van der Waals surface area contributed by atoms with Crippen molar-refractivity contribution in [1.29, 1.82) is 0 Å². The second-order valence-electron chi connectivity index (χ2n) is 6.42. The lowest BCUT2D eigenvalue weighted by Gasteiger charge is -2.24. The van der Waals surface area contributed by atoms with E-state index < -0.39 is 0 Å². The second kappa shape index (κ2) is 8.26. The standard InChI is InChI=1S/C20H22N4O2S/c1-13-16(20(26)23-19(22-13)15-6-4-10-21-12-15)8-9-18(25)24(3)14(2)17-7-5-11-27-17/h4-7,10-12,14H,8-9H2,1-3H3,(H,22,23,26)/t14-/m1/s1. The van der Waals surface area contributed by atoms with E-state index in [4.69, 9.17) is 0 Å². The molecule has 0 aliphatic heterocycles. The highest BCUT2D eigenvalue weighted by atomic mass is 32.1. The molecule has 3 heterocycles. The van der Waals surface area contributed by atoms with Crippen molar-refractivity contribution in [1.82, 2.24) is 19.9 Å². The normalized spacial score (nSPS) is 12.0. The van der Waals surface area contributed by atoms with Crippen LogP contribution in [0.4, 0.5) is 0 Å². The van der Waals surface area contributed by atoms with Gasteiger partial charge in [-0.1, -0.05) is 6.07 Å². The summed E-state index contributed by atoms with van der Waals surface area (Å²) in [6.45, 7) is 3.80. The number of nitrogens with one attached hydrogen (secondary N) is 1. The molecule has 7 heteroatoms. The number of carbonyl (C=O) groups is 1. The van der Waals surface area contributed by atoms with Gasteiger partial charge in [-0.2, -0.15) is 0 Å². The number of carbonyl (C=O) groups excluding carboxylic acids is 1. The third-order valence-corrected chi connectivity index (χ3v) is 5.72. The van der Waals surface area contributed by atoms with E-state index in [1.165, 1.54) is 0 Å². The molecule has 0 saturated heterocycles. The largest absolute Gasteiger partial charge is 0.338 e. The average Bonchev–Trinajstić information content (AvgIpc) is 3.21. The van der Waals surface area contributed by atoms with Gasteiger partial charge in [0, 0.05) is 47.6 Å². The van der Waals surface area contributed by atoms with Crippen molar-refractivity contribution >= 4 is 17.2 Å². The summed E-state index contributed by atoms with van der Waals surface area (Å²) < 4.78 is 0. The van der Waals surface area contributed by atoms with Crippen molar-refractivity contribution in [2.45, 2.75) is 32.7 Å². The van der Waals surface area contributed by atoms with Crippen LogP contribution >= 0.6 is 11.3 Å². The van der Waals surface area contributed by atoms with Gasteiger partial charge in [0.2, 0.25) is 5.91 Å². The van der Waals surface area contributed by atoms with Crippen LogP contribution in [-0.2, 0) is 11.2 Å². The summed E-state index contributed by atoms with van der Waals surface area (Å²) in [5, 5.41) is 2.00. The van der Waals surface area contributed by atoms with E-state index in [2.05, 4.69) is 15.0 Å². The Bertz CT molecular complexity index is 967. The minimum atomic E-state index is -0.205. The van der Waals surface area contributed by atoms with E-state index in [1.54, 1.807) is 48.7 Å². The average molecular weight is 382 g/mol. The molecule has 0 bridgehead atoms. The van der Waals surface area contributed by atoms with Crippen molar-refractivity contribution in [3.05, 3.63) is 68.5 Å². The molecule has 1 atom stereocenters. The van der Waals surface area contributed by atoms with E-state index in [9.17, 15) is 9.59 Å². The summed E-state index contributed by atoms with van der Waals surface area (Å²) in [4.78, 5) is 39.3. The number of aromatic nitrogens is 3. The molecule has 0 fully saturated rings. The number of aromatic amines is 1. The van der Waals surface area contributed by atoms with Crippen LogP contribution < -0.4 is 5.56 Å². The van der Waals surface area contributed by atoms with Gasteiger partial charge in [-0.05, 0) is 43.8 Å². The van der Waals surface area contributed by atoms with Gasteiger partial charge in [0.1, 0.15) is 5.82 Å². The second-order valence-corrected chi connectivity index (χ2v) is 7.40. The quantitative estimate of drug-likeness (QED) is 0.709. The maximum atomic E-state index is 12.6. The number of H-pyrrole nitrogens is 1. The Balaban J connectivity index is 1.71. The van der Waals surface area contributed by atoms with Crippen LogP contribution in [0.3, 0.4) is 0 Å². The van der Waals surface area contributed by atoms with E-state index in [1.807, 2.05) is 30.5 Å². The van der Waals surface area contributed by atoms with Crippen molar-refractivity contribution in [2.24, 2.45) is 0 Å². The first-order valence-corrected chi connectivity index (χ1v) is 9.64. The fourth-order valence-corrected chi connectivity index (χ4v) is 3.71. The molecule has 3 aromatic heterocycles. The lowest BCUT2D eigenvalue weighted by atomic mass is 10.1. The highest BCUT2D eigenvalue weighted by Crippen LogP contribution is 2.24. The van der Waals surface area contributed by atoms with Crippen LogP contribution in [0, 0.1) is 6.92 Å². The van der Waals surface area contributed by atoms with Crippen molar-refractivity contribution in [3.63, 3.8) is 0 Å². The van der Waals surface area contributed by atoms with E-state index in [-0.39, 0.29) is 23.9 Å². The van der Waals surface area contributed by atoms with Crippen molar-refractivity contribution in [2.75, 3.05) is 7.05 Å². The predicted molar refractivity (Wildman–Crippen MR) is 107 cm³/mol. The summed E-state index contributed by atoms with van der Waals surface area (Å²) in [6.07, 6.45) is 3.95. The summed E-state index contributed by atoms with van der Waals surface area (Å²) in [7, 11) is 1.80. The number of pyridine rings is 1. The molecule has 0 aliphatic carbocycles. The topological polar surface area (TPSA) is 79.0 Å². The van der Waals surface area contributed by atoms with Gasteiger partial charge in [-0.15, -0.1) is 11.3 Å². The van der Waals surface area contributed by atoms with Crippen LogP contribution in [0.5, 0.6) is 0 Å². The number of hydrogen-bond acceptors (Lipinski definition) is 5. The molecule has 140 valence electrons. The van der Waals surface area contributed by atoms with Crippen LogP contribution in [0.1, 0.15) is 35.5 Å². The van der Waals surface area contributed by atoms with Crippen LogP contribution in [-0.4, -0.2) is 32.8 Å². The molecule has 1 amide bonds. The number of amides is 1. The summed E-state index contributed by atoms with van der Waals surface area (Å²) in [5.74, 6) is 0.496. The summed E-state index contributed by atoms with van der Waals surface area (Å²) >= 11 is 1.63. The fraction of sp³-hybridized carbons (Fsp3) is 0.300. The lowest BCUT2D eigenvalue weighted by Crippen LogP contribution is -2.30. The highest BCUT2D eigenvalue weighted by Gasteiger charge is 2.19. The van der Waals surface area contributed by atoms with E-state index in [0.717, 1.165) is 10.4 Å². The third-order valence-electron chi connectivity index (χ3n) is 4.68. The first-order valence-electron chi connectivity index (χ1n) is 8.76. The Hall–Kier alpha value is -2.80. The SMILES string of the molecule is Cc1nc(-c2cccnc2)[nH]c(=O)c1CCC(=O)N(C)[C@H](C)c1cccs1. The Kier molecular flexibility index (Phi) is 5.81. The van der Waals surface area contributed by atoms with Gasteiger partial charge in [0.15, 0.2) is 0 Å². The Labute approximate surface area is 161 Å². The Morgan fingerprint density at radius 1 is 1.33 bits per heavy atom. The molecule has 0 saturated carbocycles. The molecule has 0 spiro atoms. The first-order chi connectivity index (χ1) is 13.0. The number of nitrogens with zero attached hydrogens (tertiary/aromatic N) is 3. The zero-order chi connectivity index (χ0) is 19.4. The van der Waals surface area contributed by atoms with Gasteiger partial charge >= 0.3 is 0 Å². The minimum Gasteiger partial charge on any atom is -0.338 e. The molecule has 6 nitrogen and oxygen atoms in total. The maximum absolute atomic E-state index is 12.6. The van der Waals surface area contributed by atoms with Gasteiger partial charge in [0.25, 0.3) is 5.56 Å². The lowest BCUT2D eigenvalue weighted by molar-refractivity contribution is -0.131. The number of aryl methyl sites for hydroxylation is 1. The molecule has 27 heavy (non-hydrogen) atoms. The zero-order valence-corrected chi connectivity index (χ0v) is 16.4. The molecule has 1 N–H and O–H groups in total. The number of rotatable bonds is 6. The molecule has 0 radical (unpaired) electrons. The van der Waals surface area contributed by atoms with E-state index >= 15 is 0 Å². The minimum absolute atomic E-state index is 0.00559. The third kappa shape index (κ3) is 4.31. The van der Waals surface area contributed by atoms with Gasteiger partial charge in [-0.3, -0.25) is 14.6 Å². The fourth-order valence-electron chi connectivity index (χ4n) is 2.89. The van der Waals surface area contributed by atoms with Gasteiger partial charge in [-0.25, -0.2) is 4.98 Å². The van der Waals surface area contributed by atoms with Crippen LogP contribution in [0.25, 0.3) is 11.4 Å². The Morgan fingerprint density at radius 2 is 2.15 bits per heavy atom. The molecule has 3 aromatic rings. The maximum Gasteiger partial charge on any atom is 0.254 e. The van der Waals surface area contributed by atoms with Crippen molar-refractivity contribution < 1.29 is 4.79 Å². The molecule has 0 aromatic carbocycles.